The van der Waals surface area contributed by atoms with Crippen LogP contribution in [0.1, 0.15) is 62.5 Å². The Hall–Kier alpha value is -2.28. The molecule has 2 fully saturated rings. The van der Waals surface area contributed by atoms with E-state index in [0.29, 0.717) is 35.7 Å². The predicted molar refractivity (Wildman–Crippen MR) is 119 cm³/mol. The molecule has 0 bridgehead atoms. The zero-order chi connectivity index (χ0) is 22.2. The second kappa shape index (κ2) is 8.69. The van der Waals surface area contributed by atoms with E-state index in [-0.39, 0.29) is 36.6 Å². The second-order valence-electron chi connectivity index (χ2n) is 9.21. The van der Waals surface area contributed by atoms with E-state index in [4.69, 9.17) is 9.15 Å². The molecular formula is C24H31NO5S. The average Bonchev–Trinajstić information content (AvgIpc) is 3.11. The van der Waals surface area contributed by atoms with E-state index >= 15 is 0 Å². The first-order valence-electron chi connectivity index (χ1n) is 11.0. The molecule has 2 heterocycles. The largest absolute Gasteiger partial charge is 0.484 e. The quantitative estimate of drug-likeness (QED) is 0.611. The van der Waals surface area contributed by atoms with Crippen molar-refractivity contribution in [2.24, 2.45) is 5.92 Å². The topological polar surface area (TPSA) is 76.8 Å². The second-order valence-corrected chi connectivity index (χ2v) is 11.4. The van der Waals surface area contributed by atoms with Gasteiger partial charge in [0.1, 0.15) is 17.3 Å². The van der Waals surface area contributed by atoms with Crippen molar-refractivity contribution in [3.05, 3.63) is 53.5 Å². The maximum Gasteiger partial charge on any atom is 0.261 e. The normalized spacial score (nSPS) is 24.3. The van der Waals surface area contributed by atoms with Crippen LogP contribution in [0.5, 0.6) is 5.75 Å². The van der Waals surface area contributed by atoms with Crippen LogP contribution >= 0.6 is 0 Å². The molecule has 6 nitrogen and oxygen atoms in total. The van der Waals surface area contributed by atoms with Gasteiger partial charge in [0, 0.05) is 12.0 Å². The summed E-state index contributed by atoms with van der Waals surface area (Å²) in [5.74, 6) is 3.66. The van der Waals surface area contributed by atoms with Crippen LogP contribution in [0.4, 0.5) is 0 Å². The van der Waals surface area contributed by atoms with Gasteiger partial charge < -0.3 is 14.1 Å². The van der Waals surface area contributed by atoms with Crippen molar-refractivity contribution in [3.63, 3.8) is 0 Å². The Morgan fingerprint density at radius 1 is 1.19 bits per heavy atom. The highest BCUT2D eigenvalue weighted by atomic mass is 32.2. The van der Waals surface area contributed by atoms with Crippen molar-refractivity contribution in [2.75, 3.05) is 18.1 Å². The van der Waals surface area contributed by atoms with E-state index in [1.807, 2.05) is 36.4 Å². The number of carbonyl (C=O) groups is 1. The molecule has 1 saturated carbocycles. The first-order chi connectivity index (χ1) is 14.7. The molecule has 0 spiro atoms. The van der Waals surface area contributed by atoms with Gasteiger partial charge in [0.2, 0.25) is 0 Å². The lowest BCUT2D eigenvalue weighted by Gasteiger charge is -2.27. The van der Waals surface area contributed by atoms with Gasteiger partial charge >= 0.3 is 0 Å². The Labute approximate surface area is 184 Å². The molecule has 1 amide bonds. The highest BCUT2D eigenvalue weighted by Crippen LogP contribution is 2.47. The number of hydrogen-bond donors (Lipinski definition) is 0. The van der Waals surface area contributed by atoms with Crippen molar-refractivity contribution in [1.82, 2.24) is 4.90 Å². The first-order valence-corrected chi connectivity index (χ1v) is 12.9. The third kappa shape index (κ3) is 5.32. The number of hydrogen-bond acceptors (Lipinski definition) is 5. The number of benzene rings is 1. The lowest BCUT2D eigenvalue weighted by molar-refractivity contribution is -0.136. The number of rotatable bonds is 8. The van der Waals surface area contributed by atoms with Gasteiger partial charge in [0.15, 0.2) is 16.4 Å². The lowest BCUT2D eigenvalue weighted by atomic mass is 10.0. The van der Waals surface area contributed by atoms with E-state index in [2.05, 4.69) is 20.8 Å². The molecule has 1 aliphatic heterocycles. The monoisotopic (exact) mass is 445 g/mol. The zero-order valence-electron chi connectivity index (χ0n) is 18.4. The van der Waals surface area contributed by atoms with Crippen molar-refractivity contribution >= 4 is 15.7 Å². The smallest absolute Gasteiger partial charge is 0.261 e. The minimum atomic E-state index is -3.12. The molecule has 1 aromatic carbocycles. The van der Waals surface area contributed by atoms with Gasteiger partial charge in [-0.1, -0.05) is 32.9 Å². The molecule has 31 heavy (non-hydrogen) atoms. The zero-order valence-corrected chi connectivity index (χ0v) is 19.2. The highest BCUT2D eigenvalue weighted by Gasteiger charge is 2.38. The fourth-order valence-electron chi connectivity index (χ4n) is 4.18. The Morgan fingerprint density at radius 3 is 2.48 bits per heavy atom. The van der Waals surface area contributed by atoms with Gasteiger partial charge in [0.05, 0.1) is 18.1 Å². The number of nitrogens with zero attached hydrogens (tertiary/aromatic N) is 1. The van der Waals surface area contributed by atoms with Crippen molar-refractivity contribution in [3.8, 4) is 5.75 Å². The van der Waals surface area contributed by atoms with E-state index in [1.165, 1.54) is 5.56 Å². The van der Waals surface area contributed by atoms with Gasteiger partial charge in [-0.05, 0) is 54.5 Å². The minimum Gasteiger partial charge on any atom is -0.484 e. The summed E-state index contributed by atoms with van der Waals surface area (Å²) in [6.45, 7) is 6.56. The first kappa shape index (κ1) is 21.9. The predicted octanol–water partition coefficient (Wildman–Crippen LogP) is 4.12. The summed E-state index contributed by atoms with van der Waals surface area (Å²) in [6.07, 6.45) is 1.57. The van der Waals surface area contributed by atoms with Crippen LogP contribution in [0.3, 0.4) is 0 Å². The van der Waals surface area contributed by atoms with Crippen LogP contribution in [-0.2, 0) is 21.2 Å². The molecule has 4 rings (SSSR count). The Kier molecular flexibility index (Phi) is 6.15. The molecular weight excluding hydrogens is 414 g/mol. The number of carbonyl (C=O) groups excluding carboxylic acids is 1. The van der Waals surface area contributed by atoms with Crippen LogP contribution in [0, 0.1) is 5.92 Å². The van der Waals surface area contributed by atoms with Crippen LogP contribution in [0.2, 0.25) is 0 Å². The maximum atomic E-state index is 13.1. The SMILES string of the molecule is CC(C)c1ccc(OCC(=O)N(Cc2ccc(C3CC3C)o2)C2CCS(=O)(=O)C2)cc1. The molecule has 1 saturated heterocycles. The van der Waals surface area contributed by atoms with E-state index < -0.39 is 9.84 Å². The molecule has 0 radical (unpaired) electrons. The Balaban J connectivity index is 1.44. The summed E-state index contributed by atoms with van der Waals surface area (Å²) in [7, 11) is -3.12. The molecule has 3 atom stereocenters. The Bertz CT molecular complexity index is 1020. The third-order valence-electron chi connectivity index (χ3n) is 6.36. The van der Waals surface area contributed by atoms with E-state index in [0.717, 1.165) is 12.2 Å². The van der Waals surface area contributed by atoms with E-state index in [9.17, 15) is 13.2 Å². The summed E-state index contributed by atoms with van der Waals surface area (Å²) < 4.78 is 35.8. The summed E-state index contributed by atoms with van der Waals surface area (Å²) in [5.41, 5.74) is 1.20. The molecule has 2 aliphatic rings. The van der Waals surface area contributed by atoms with Crippen LogP contribution in [-0.4, -0.2) is 43.4 Å². The van der Waals surface area contributed by atoms with Gasteiger partial charge in [-0.15, -0.1) is 0 Å². The summed E-state index contributed by atoms with van der Waals surface area (Å²) in [4.78, 5) is 14.7. The van der Waals surface area contributed by atoms with Crippen LogP contribution in [0.15, 0.2) is 40.8 Å². The van der Waals surface area contributed by atoms with E-state index in [1.54, 1.807) is 4.90 Å². The number of ether oxygens (including phenoxy) is 1. The molecule has 3 unspecified atom stereocenters. The van der Waals surface area contributed by atoms with Gasteiger partial charge in [0.25, 0.3) is 5.91 Å². The number of furan rings is 1. The molecule has 7 heteroatoms. The molecule has 2 aromatic rings. The van der Waals surface area contributed by atoms with Gasteiger partial charge in [-0.3, -0.25) is 4.79 Å². The fraction of sp³-hybridized carbons (Fsp3) is 0.542. The number of amides is 1. The van der Waals surface area contributed by atoms with Crippen LogP contribution < -0.4 is 4.74 Å². The fourth-order valence-corrected chi connectivity index (χ4v) is 5.91. The molecule has 1 aliphatic carbocycles. The maximum absolute atomic E-state index is 13.1. The van der Waals surface area contributed by atoms with Gasteiger partial charge in [-0.25, -0.2) is 8.42 Å². The van der Waals surface area contributed by atoms with Crippen LogP contribution in [0.25, 0.3) is 0 Å². The Morgan fingerprint density at radius 2 is 1.90 bits per heavy atom. The summed E-state index contributed by atoms with van der Waals surface area (Å²) in [5, 5.41) is 0. The molecule has 1 aromatic heterocycles. The average molecular weight is 446 g/mol. The summed E-state index contributed by atoms with van der Waals surface area (Å²) in [6, 6.07) is 11.2. The standard InChI is InChI=1S/C24H31NO5S/c1-16(2)18-4-6-20(7-5-18)29-14-24(26)25(19-10-11-31(27,28)15-19)13-21-8-9-23(30-21)22-12-17(22)3/h4-9,16-17,19,22H,10-15H2,1-3H3. The van der Waals surface area contributed by atoms with Gasteiger partial charge in [-0.2, -0.15) is 0 Å². The van der Waals surface area contributed by atoms with Crippen molar-refractivity contribution < 1.29 is 22.4 Å². The molecule has 0 N–H and O–H groups in total. The minimum absolute atomic E-state index is 0.00491. The summed E-state index contributed by atoms with van der Waals surface area (Å²) >= 11 is 0. The van der Waals surface area contributed by atoms with Crippen molar-refractivity contribution in [1.29, 1.82) is 0 Å². The molecule has 168 valence electrons. The third-order valence-corrected chi connectivity index (χ3v) is 8.11. The lowest BCUT2D eigenvalue weighted by Crippen LogP contribution is -2.43. The van der Waals surface area contributed by atoms with Crippen molar-refractivity contribution in [2.45, 2.75) is 58.0 Å². The highest BCUT2D eigenvalue weighted by molar-refractivity contribution is 7.91. The number of sulfone groups is 1.